The van der Waals surface area contributed by atoms with Crippen molar-refractivity contribution < 1.29 is 14.4 Å². The molecule has 0 unspecified atom stereocenters. The van der Waals surface area contributed by atoms with Crippen molar-refractivity contribution in [3.05, 3.63) is 0 Å². The van der Waals surface area contributed by atoms with Gasteiger partial charge in [-0.1, -0.05) is 26.2 Å². The van der Waals surface area contributed by atoms with E-state index in [-0.39, 0.29) is 0 Å². The minimum atomic E-state index is -1.27. The van der Waals surface area contributed by atoms with E-state index in [9.17, 15) is 14.4 Å². The van der Waals surface area contributed by atoms with Crippen LogP contribution in [0.1, 0.15) is 32.6 Å². The molecule has 3 amide bonds. The average molecular weight is 212 g/mol. The molecule has 0 aromatic heterocycles. The normalized spacial score (nSPS) is 25.6. The Hall–Kier alpha value is -1.39. The quantitative estimate of drug-likeness (QED) is 0.315. The highest BCUT2D eigenvalue weighted by atomic mass is 16.2. The molecule has 0 aromatic rings. The standard InChI is InChI=1S/C10H16N2O3/c1-3-4-5-6-10(7-13)8(14)11-9(15)12(10)2/h7H,3-6H2,1-2H3,(H,11,14,15)/t10-/m0/s1. The summed E-state index contributed by atoms with van der Waals surface area (Å²) in [5.74, 6) is -0.499. The maximum absolute atomic E-state index is 11.5. The zero-order chi connectivity index (χ0) is 11.5. The van der Waals surface area contributed by atoms with Gasteiger partial charge in [0.05, 0.1) is 0 Å². The summed E-state index contributed by atoms with van der Waals surface area (Å²) in [7, 11) is 1.47. The fraction of sp³-hybridized carbons (Fsp3) is 0.700. The smallest absolute Gasteiger partial charge is 0.306 e. The summed E-state index contributed by atoms with van der Waals surface area (Å²) in [6, 6.07) is -0.497. The molecule has 1 heterocycles. The zero-order valence-electron chi connectivity index (χ0n) is 9.08. The Kier molecular flexibility index (Phi) is 3.44. The van der Waals surface area contributed by atoms with E-state index < -0.39 is 17.5 Å². The number of carbonyl (C=O) groups excluding carboxylic acids is 3. The van der Waals surface area contributed by atoms with Gasteiger partial charge in [0, 0.05) is 7.05 Å². The summed E-state index contributed by atoms with van der Waals surface area (Å²) < 4.78 is 0. The van der Waals surface area contributed by atoms with E-state index in [2.05, 4.69) is 5.32 Å². The second-order valence-electron chi connectivity index (χ2n) is 3.82. The van der Waals surface area contributed by atoms with Crippen molar-refractivity contribution in [3.8, 4) is 0 Å². The van der Waals surface area contributed by atoms with E-state index in [0.29, 0.717) is 12.7 Å². The van der Waals surface area contributed by atoms with E-state index in [1.54, 1.807) is 0 Å². The number of rotatable bonds is 5. The summed E-state index contributed by atoms with van der Waals surface area (Å²) in [6.07, 6.45) is 3.70. The van der Waals surface area contributed by atoms with Crippen molar-refractivity contribution in [2.45, 2.75) is 38.1 Å². The highest BCUT2D eigenvalue weighted by Crippen LogP contribution is 2.24. The van der Waals surface area contributed by atoms with Gasteiger partial charge in [-0.2, -0.15) is 0 Å². The number of nitrogens with zero attached hydrogens (tertiary/aromatic N) is 1. The number of urea groups is 1. The number of hydrogen-bond donors (Lipinski definition) is 1. The summed E-state index contributed by atoms with van der Waals surface area (Å²) in [4.78, 5) is 35.0. The maximum Gasteiger partial charge on any atom is 0.325 e. The van der Waals surface area contributed by atoms with Crippen LogP contribution < -0.4 is 5.32 Å². The monoisotopic (exact) mass is 212 g/mol. The largest absolute Gasteiger partial charge is 0.325 e. The number of carbonyl (C=O) groups is 3. The molecule has 1 aliphatic heterocycles. The molecular weight excluding hydrogens is 196 g/mol. The lowest BCUT2D eigenvalue weighted by atomic mass is 9.93. The first-order valence-electron chi connectivity index (χ1n) is 5.14. The highest BCUT2D eigenvalue weighted by molar-refractivity contribution is 6.15. The predicted octanol–water partition coefficient (Wildman–Crippen LogP) is 0.686. The third-order valence-corrected chi connectivity index (χ3v) is 2.87. The Labute approximate surface area is 88.8 Å². The number of likely N-dealkylation sites (N-methyl/N-ethyl adjacent to an activating group) is 1. The maximum atomic E-state index is 11.5. The van der Waals surface area contributed by atoms with Crippen LogP contribution in [0.3, 0.4) is 0 Å². The first-order valence-corrected chi connectivity index (χ1v) is 5.14. The average Bonchev–Trinajstić information content (AvgIpc) is 2.42. The molecule has 0 aromatic carbocycles. The molecule has 1 saturated heterocycles. The fourth-order valence-electron chi connectivity index (χ4n) is 1.74. The van der Waals surface area contributed by atoms with Crippen molar-refractivity contribution in [2.75, 3.05) is 7.05 Å². The molecule has 0 saturated carbocycles. The summed E-state index contributed by atoms with van der Waals surface area (Å²) in [5.41, 5.74) is -1.27. The van der Waals surface area contributed by atoms with Crippen LogP contribution in [0.25, 0.3) is 0 Å². The third kappa shape index (κ3) is 1.86. The zero-order valence-corrected chi connectivity index (χ0v) is 9.08. The van der Waals surface area contributed by atoms with E-state index in [4.69, 9.17) is 0 Å². The molecule has 0 radical (unpaired) electrons. The van der Waals surface area contributed by atoms with Crippen LogP contribution in [0, 0.1) is 0 Å². The van der Waals surface area contributed by atoms with Crippen LogP contribution in [0.15, 0.2) is 0 Å². The van der Waals surface area contributed by atoms with E-state index in [1.807, 2.05) is 6.92 Å². The lowest BCUT2D eigenvalue weighted by molar-refractivity contribution is -0.132. The van der Waals surface area contributed by atoms with Crippen molar-refractivity contribution in [1.82, 2.24) is 10.2 Å². The first kappa shape index (κ1) is 11.7. The van der Waals surface area contributed by atoms with Gasteiger partial charge in [0.15, 0.2) is 11.8 Å². The van der Waals surface area contributed by atoms with Crippen molar-refractivity contribution in [3.63, 3.8) is 0 Å². The molecule has 1 N–H and O–H groups in total. The number of aldehydes is 1. The van der Waals surface area contributed by atoms with Gasteiger partial charge >= 0.3 is 6.03 Å². The number of nitrogens with one attached hydrogen (secondary N) is 1. The van der Waals surface area contributed by atoms with Crippen molar-refractivity contribution >= 4 is 18.2 Å². The van der Waals surface area contributed by atoms with E-state index >= 15 is 0 Å². The molecule has 15 heavy (non-hydrogen) atoms. The molecule has 0 spiro atoms. The fourth-order valence-corrected chi connectivity index (χ4v) is 1.74. The lowest BCUT2D eigenvalue weighted by Crippen LogP contribution is -2.49. The van der Waals surface area contributed by atoms with Gasteiger partial charge in [-0.3, -0.25) is 10.1 Å². The molecule has 5 nitrogen and oxygen atoms in total. The molecular formula is C10H16N2O3. The van der Waals surface area contributed by atoms with Gasteiger partial charge < -0.3 is 9.69 Å². The van der Waals surface area contributed by atoms with Crippen LogP contribution in [0.2, 0.25) is 0 Å². The number of hydrogen-bond acceptors (Lipinski definition) is 3. The Morgan fingerprint density at radius 2 is 2.07 bits per heavy atom. The molecule has 0 aliphatic carbocycles. The Balaban J connectivity index is 2.78. The Bertz CT molecular complexity index is 290. The van der Waals surface area contributed by atoms with Gasteiger partial charge in [0.25, 0.3) is 5.91 Å². The summed E-state index contributed by atoms with van der Waals surface area (Å²) in [6.45, 7) is 2.04. The third-order valence-electron chi connectivity index (χ3n) is 2.87. The molecule has 1 aliphatic rings. The summed E-state index contributed by atoms with van der Waals surface area (Å²) >= 11 is 0. The van der Waals surface area contributed by atoms with Crippen molar-refractivity contribution in [2.24, 2.45) is 0 Å². The van der Waals surface area contributed by atoms with Gasteiger partial charge in [-0.05, 0) is 6.42 Å². The second kappa shape index (κ2) is 4.42. The second-order valence-corrected chi connectivity index (χ2v) is 3.82. The predicted molar refractivity (Wildman–Crippen MR) is 54.2 cm³/mol. The molecule has 0 bridgehead atoms. The molecule has 1 atom stereocenters. The van der Waals surface area contributed by atoms with E-state index in [1.165, 1.54) is 11.9 Å². The van der Waals surface area contributed by atoms with Gasteiger partial charge in [0.2, 0.25) is 0 Å². The van der Waals surface area contributed by atoms with Gasteiger partial charge in [0.1, 0.15) is 0 Å². The van der Waals surface area contributed by atoms with Crippen LogP contribution in [0.4, 0.5) is 4.79 Å². The summed E-state index contributed by atoms with van der Waals surface area (Å²) in [5, 5.41) is 2.15. The van der Waals surface area contributed by atoms with Crippen LogP contribution in [-0.2, 0) is 9.59 Å². The van der Waals surface area contributed by atoms with Gasteiger partial charge in [-0.25, -0.2) is 4.79 Å². The minimum absolute atomic E-state index is 0.401. The Morgan fingerprint density at radius 3 is 2.47 bits per heavy atom. The van der Waals surface area contributed by atoms with Crippen molar-refractivity contribution in [1.29, 1.82) is 0 Å². The highest BCUT2D eigenvalue weighted by Gasteiger charge is 2.50. The SMILES string of the molecule is CCCCC[C@]1(C=O)C(=O)NC(=O)N1C. The first-order chi connectivity index (χ1) is 7.08. The van der Waals surface area contributed by atoms with Crippen LogP contribution in [-0.4, -0.2) is 35.7 Å². The topological polar surface area (TPSA) is 66.5 Å². The van der Waals surface area contributed by atoms with Crippen LogP contribution >= 0.6 is 0 Å². The number of imide groups is 1. The number of unbranched alkanes of at least 4 members (excludes halogenated alkanes) is 2. The molecule has 84 valence electrons. The number of amides is 3. The Morgan fingerprint density at radius 1 is 1.40 bits per heavy atom. The molecule has 1 fully saturated rings. The van der Waals surface area contributed by atoms with E-state index in [0.717, 1.165) is 19.3 Å². The molecule has 1 rings (SSSR count). The molecule has 5 heteroatoms. The minimum Gasteiger partial charge on any atom is -0.306 e. The lowest BCUT2D eigenvalue weighted by Gasteiger charge is -2.26. The van der Waals surface area contributed by atoms with Crippen LogP contribution in [0.5, 0.6) is 0 Å². The van der Waals surface area contributed by atoms with Gasteiger partial charge in [-0.15, -0.1) is 0 Å².